The zero-order valence-electron chi connectivity index (χ0n) is 10.7. The molecule has 0 aliphatic carbocycles. The third-order valence-electron chi connectivity index (χ3n) is 2.92. The number of rotatable bonds is 4. The highest BCUT2D eigenvalue weighted by Crippen LogP contribution is 2.17. The van der Waals surface area contributed by atoms with Crippen molar-refractivity contribution in [3.8, 4) is 6.07 Å². The van der Waals surface area contributed by atoms with Gasteiger partial charge in [-0.15, -0.1) is 0 Å². The van der Waals surface area contributed by atoms with Crippen LogP contribution >= 0.6 is 0 Å². The van der Waals surface area contributed by atoms with Crippen molar-refractivity contribution in [2.45, 2.75) is 0 Å². The number of nitrogens with zero attached hydrogens (tertiary/aromatic N) is 1. The molecule has 3 nitrogen and oxygen atoms in total. The van der Waals surface area contributed by atoms with Gasteiger partial charge in [-0.05, 0) is 36.4 Å². The van der Waals surface area contributed by atoms with Crippen LogP contribution in [0.1, 0.15) is 20.7 Å². The van der Waals surface area contributed by atoms with Gasteiger partial charge < -0.3 is 0 Å². The molecule has 0 spiro atoms. The van der Waals surface area contributed by atoms with Crippen molar-refractivity contribution in [3.05, 3.63) is 71.3 Å². The number of halogens is 2. The predicted octanol–water partition coefficient (Wildman–Crippen LogP) is 3.17. The fraction of sp³-hybridized carbons (Fsp3) is 0.0625. The number of nitriles is 1. The number of hydrogen-bond donors (Lipinski definition) is 0. The summed E-state index contributed by atoms with van der Waals surface area (Å²) in [6, 6.07) is 11.2. The molecule has 0 aliphatic heterocycles. The van der Waals surface area contributed by atoms with Crippen LogP contribution in [0.5, 0.6) is 0 Å². The van der Waals surface area contributed by atoms with Crippen LogP contribution in [0, 0.1) is 28.9 Å². The Morgan fingerprint density at radius 1 is 0.952 bits per heavy atom. The molecular weight excluding hydrogens is 276 g/mol. The van der Waals surface area contributed by atoms with E-state index in [1.54, 1.807) is 6.07 Å². The molecule has 0 aromatic heterocycles. The number of hydrogen-bond acceptors (Lipinski definition) is 3. The van der Waals surface area contributed by atoms with Crippen molar-refractivity contribution in [1.29, 1.82) is 5.26 Å². The van der Waals surface area contributed by atoms with Crippen molar-refractivity contribution in [2.75, 3.05) is 0 Å². The smallest absolute Gasteiger partial charge is 0.190 e. The van der Waals surface area contributed by atoms with Gasteiger partial charge in [-0.3, -0.25) is 9.59 Å². The van der Waals surface area contributed by atoms with Gasteiger partial charge in [0, 0.05) is 5.56 Å². The molecule has 0 amide bonds. The number of benzene rings is 2. The maximum atomic E-state index is 13.6. The Kier molecular flexibility index (Phi) is 4.19. The summed E-state index contributed by atoms with van der Waals surface area (Å²) in [7, 11) is 0. The summed E-state index contributed by atoms with van der Waals surface area (Å²) in [5.41, 5.74) is -0.299. The Morgan fingerprint density at radius 3 is 2.14 bits per heavy atom. The molecule has 2 aromatic rings. The van der Waals surface area contributed by atoms with Crippen LogP contribution in [0.15, 0.2) is 48.5 Å². The summed E-state index contributed by atoms with van der Waals surface area (Å²) in [5, 5.41) is 9.05. The van der Waals surface area contributed by atoms with Crippen molar-refractivity contribution in [1.82, 2.24) is 0 Å². The van der Waals surface area contributed by atoms with Gasteiger partial charge in [0.25, 0.3) is 0 Å². The molecule has 21 heavy (non-hydrogen) atoms. The van der Waals surface area contributed by atoms with E-state index >= 15 is 0 Å². The second-order valence-electron chi connectivity index (χ2n) is 4.28. The van der Waals surface area contributed by atoms with Crippen LogP contribution in [0.25, 0.3) is 0 Å². The minimum atomic E-state index is -1.66. The minimum Gasteiger partial charge on any atom is -0.292 e. The summed E-state index contributed by atoms with van der Waals surface area (Å²) in [6.45, 7) is 0. The highest BCUT2D eigenvalue weighted by molar-refractivity contribution is 6.18. The summed E-state index contributed by atoms with van der Waals surface area (Å²) < 4.78 is 26.4. The predicted molar refractivity (Wildman–Crippen MR) is 70.6 cm³/mol. The van der Waals surface area contributed by atoms with Gasteiger partial charge in [-0.1, -0.05) is 12.1 Å². The van der Waals surface area contributed by atoms with Crippen molar-refractivity contribution in [2.24, 2.45) is 5.92 Å². The number of ketones is 2. The Balaban J connectivity index is 2.34. The molecule has 0 N–H and O–H groups in total. The summed E-state index contributed by atoms with van der Waals surface area (Å²) >= 11 is 0. The fourth-order valence-electron chi connectivity index (χ4n) is 1.83. The van der Waals surface area contributed by atoms with E-state index in [1.807, 2.05) is 0 Å². The SMILES string of the molecule is N#C[C@@H](C(=O)c1ccc(F)cc1)C(=O)c1ccccc1F. The van der Waals surface area contributed by atoms with E-state index in [0.29, 0.717) is 0 Å². The molecule has 104 valence electrons. The zero-order valence-corrected chi connectivity index (χ0v) is 10.7. The molecule has 5 heteroatoms. The average molecular weight is 285 g/mol. The normalized spacial score (nSPS) is 11.5. The monoisotopic (exact) mass is 285 g/mol. The van der Waals surface area contributed by atoms with Crippen molar-refractivity contribution < 1.29 is 18.4 Å². The Morgan fingerprint density at radius 2 is 1.57 bits per heavy atom. The molecule has 2 aromatic carbocycles. The fourth-order valence-corrected chi connectivity index (χ4v) is 1.83. The highest BCUT2D eigenvalue weighted by atomic mass is 19.1. The van der Waals surface area contributed by atoms with E-state index in [0.717, 1.165) is 18.2 Å². The third-order valence-corrected chi connectivity index (χ3v) is 2.92. The first-order chi connectivity index (χ1) is 10.0. The zero-order chi connectivity index (χ0) is 15.4. The maximum absolute atomic E-state index is 13.6. The maximum Gasteiger partial charge on any atom is 0.190 e. The second-order valence-corrected chi connectivity index (χ2v) is 4.28. The number of carbonyl (C=O) groups excluding carboxylic acids is 2. The first kappa shape index (κ1) is 14.5. The first-order valence-electron chi connectivity index (χ1n) is 6.02. The van der Waals surface area contributed by atoms with Crippen molar-refractivity contribution >= 4 is 11.6 Å². The van der Waals surface area contributed by atoms with Gasteiger partial charge in [0.05, 0.1) is 11.6 Å². The number of carbonyl (C=O) groups is 2. The molecule has 0 radical (unpaired) electrons. The molecule has 0 unspecified atom stereocenters. The molecule has 0 fully saturated rings. The van der Waals surface area contributed by atoms with Crippen LogP contribution in [0.4, 0.5) is 8.78 Å². The largest absolute Gasteiger partial charge is 0.292 e. The van der Waals surface area contributed by atoms with Crippen LogP contribution in [-0.2, 0) is 0 Å². The lowest BCUT2D eigenvalue weighted by Gasteiger charge is -2.08. The van der Waals surface area contributed by atoms with E-state index in [1.165, 1.54) is 30.3 Å². The van der Waals surface area contributed by atoms with Gasteiger partial charge in [-0.2, -0.15) is 5.26 Å². The Bertz CT molecular complexity index is 733. The topological polar surface area (TPSA) is 57.9 Å². The number of Topliss-reactive ketones (excluding diaryl/α,β-unsaturated/α-hetero) is 2. The average Bonchev–Trinajstić information content (AvgIpc) is 2.49. The van der Waals surface area contributed by atoms with Gasteiger partial charge in [0.1, 0.15) is 11.6 Å². The minimum absolute atomic E-state index is 0.0210. The second kappa shape index (κ2) is 6.06. The summed E-state index contributed by atoms with van der Waals surface area (Å²) in [6.07, 6.45) is 0. The lowest BCUT2D eigenvalue weighted by molar-refractivity contribution is 0.0843. The molecule has 0 saturated heterocycles. The van der Waals surface area contributed by atoms with Crippen molar-refractivity contribution in [3.63, 3.8) is 0 Å². The van der Waals surface area contributed by atoms with Gasteiger partial charge in [-0.25, -0.2) is 8.78 Å². The van der Waals surface area contributed by atoms with Gasteiger partial charge in [0.15, 0.2) is 17.5 Å². The molecule has 1 atom stereocenters. The van der Waals surface area contributed by atoms with E-state index in [-0.39, 0.29) is 11.1 Å². The molecule has 2 rings (SSSR count). The van der Waals surface area contributed by atoms with E-state index in [9.17, 15) is 18.4 Å². The molecule has 0 saturated carbocycles. The standard InChI is InChI=1S/C16H9F2NO2/c17-11-7-5-10(6-8-11)15(20)13(9-19)16(21)12-3-1-2-4-14(12)18/h1-8,13H/t13-/m0/s1. The van der Waals surface area contributed by atoms with Gasteiger partial charge in [0.2, 0.25) is 0 Å². The molecule has 0 bridgehead atoms. The van der Waals surface area contributed by atoms with E-state index in [4.69, 9.17) is 5.26 Å². The van der Waals surface area contributed by atoms with E-state index < -0.39 is 29.1 Å². The summed E-state index contributed by atoms with van der Waals surface area (Å²) in [4.78, 5) is 24.2. The van der Waals surface area contributed by atoms with Crippen LogP contribution in [0.2, 0.25) is 0 Å². The van der Waals surface area contributed by atoms with Gasteiger partial charge >= 0.3 is 0 Å². The van der Waals surface area contributed by atoms with Crippen LogP contribution < -0.4 is 0 Å². The highest BCUT2D eigenvalue weighted by Gasteiger charge is 2.29. The molecular formula is C16H9F2NO2. The summed E-state index contributed by atoms with van der Waals surface area (Å²) in [5.74, 6) is -4.70. The lowest BCUT2D eigenvalue weighted by Crippen LogP contribution is -2.23. The van der Waals surface area contributed by atoms with Crippen LogP contribution in [-0.4, -0.2) is 11.6 Å². The lowest BCUT2D eigenvalue weighted by atomic mass is 9.91. The Hall–Kier alpha value is -2.87. The Labute approximate surface area is 119 Å². The quantitative estimate of drug-likeness (QED) is 0.640. The third kappa shape index (κ3) is 3.00. The molecule has 0 heterocycles. The first-order valence-corrected chi connectivity index (χ1v) is 6.02. The van der Waals surface area contributed by atoms with E-state index in [2.05, 4.69) is 0 Å². The van der Waals surface area contributed by atoms with Crippen LogP contribution in [0.3, 0.4) is 0 Å². The molecule has 0 aliphatic rings.